The van der Waals surface area contributed by atoms with Crippen molar-refractivity contribution in [2.24, 2.45) is 0 Å². The number of hydrogen-bond acceptors (Lipinski definition) is 3. The van der Waals surface area contributed by atoms with Crippen molar-refractivity contribution in [1.82, 2.24) is 0 Å². The number of hydrogen-bond donors (Lipinski definition) is 1. The van der Waals surface area contributed by atoms with E-state index in [4.69, 9.17) is 15.7 Å². The van der Waals surface area contributed by atoms with E-state index in [9.17, 15) is 0 Å². The lowest BCUT2D eigenvalue weighted by Gasteiger charge is -2.28. The smallest absolute Gasteiger partial charge is 0.0995 e. The normalized spacial score (nSPS) is 24.2. The molecule has 0 bridgehead atoms. The van der Waals surface area contributed by atoms with Gasteiger partial charge in [-0.15, -0.1) is 0 Å². The highest BCUT2D eigenvalue weighted by Gasteiger charge is 2.23. The van der Waals surface area contributed by atoms with Crippen LogP contribution in [0.2, 0.25) is 0 Å². The first-order valence-electron chi connectivity index (χ1n) is 6.07. The van der Waals surface area contributed by atoms with Crippen LogP contribution in [0.25, 0.3) is 0 Å². The maximum absolute atomic E-state index is 9.14. The molecule has 2 rings (SSSR count). The number of nitriles is 1. The molecule has 0 unspecified atom stereocenters. The van der Waals surface area contributed by atoms with Gasteiger partial charge in [0, 0.05) is 12.8 Å². The maximum atomic E-state index is 9.14. The topological polar surface area (TPSA) is 59.0 Å². The minimum Gasteiger partial charge on any atom is -0.399 e. The van der Waals surface area contributed by atoms with E-state index in [1.165, 1.54) is 0 Å². The van der Waals surface area contributed by atoms with Crippen LogP contribution in [0.3, 0.4) is 0 Å². The summed E-state index contributed by atoms with van der Waals surface area (Å²) >= 11 is 0. The molecule has 1 saturated carbocycles. The molecule has 1 fully saturated rings. The Morgan fingerprint density at radius 3 is 2.59 bits per heavy atom. The third-order valence-electron chi connectivity index (χ3n) is 3.65. The van der Waals surface area contributed by atoms with Crippen LogP contribution in [0, 0.1) is 11.3 Å². The molecule has 1 aromatic rings. The Labute approximate surface area is 102 Å². The first-order valence-corrected chi connectivity index (χ1v) is 6.07. The van der Waals surface area contributed by atoms with E-state index in [1.54, 1.807) is 13.2 Å². The molecule has 1 aliphatic carbocycles. The Balaban J connectivity index is 2.16. The summed E-state index contributed by atoms with van der Waals surface area (Å²) in [7, 11) is 1.77. The third-order valence-corrected chi connectivity index (χ3v) is 3.65. The van der Waals surface area contributed by atoms with Gasteiger partial charge in [-0.3, -0.25) is 0 Å². The second kappa shape index (κ2) is 5.20. The summed E-state index contributed by atoms with van der Waals surface area (Å²) in [5, 5.41) is 9.14. The zero-order valence-corrected chi connectivity index (χ0v) is 10.1. The number of nitrogen functional groups attached to an aromatic ring is 1. The number of benzene rings is 1. The van der Waals surface area contributed by atoms with Crippen LogP contribution in [-0.2, 0) is 4.74 Å². The summed E-state index contributed by atoms with van der Waals surface area (Å²) in [5.41, 5.74) is 8.24. The Morgan fingerprint density at radius 1 is 1.29 bits per heavy atom. The molecule has 0 aliphatic heterocycles. The molecule has 1 aromatic carbocycles. The average Bonchev–Trinajstić information content (AvgIpc) is 2.39. The van der Waals surface area contributed by atoms with Gasteiger partial charge in [-0.05, 0) is 49.3 Å². The van der Waals surface area contributed by atoms with E-state index in [1.807, 2.05) is 12.1 Å². The standard InChI is InChI=1S/C14H18N2O/c1-17-13-5-2-10(3-6-13)14-7-4-12(16)8-11(14)9-15/h4,7-8,10,13H,2-3,5-6,16H2,1H3/t10-,13-. The van der Waals surface area contributed by atoms with Crippen LogP contribution < -0.4 is 5.73 Å². The van der Waals surface area contributed by atoms with Crippen LogP contribution >= 0.6 is 0 Å². The molecule has 3 heteroatoms. The van der Waals surface area contributed by atoms with Crippen molar-refractivity contribution in [3.63, 3.8) is 0 Å². The Hall–Kier alpha value is -1.53. The number of anilines is 1. The zero-order valence-electron chi connectivity index (χ0n) is 10.1. The molecule has 0 heterocycles. The fourth-order valence-corrected chi connectivity index (χ4v) is 2.64. The molecule has 0 amide bonds. The Kier molecular flexibility index (Phi) is 3.65. The summed E-state index contributed by atoms with van der Waals surface area (Å²) < 4.78 is 5.37. The predicted octanol–water partition coefficient (Wildman–Crippen LogP) is 2.81. The molecule has 17 heavy (non-hydrogen) atoms. The van der Waals surface area contributed by atoms with Crippen molar-refractivity contribution in [2.45, 2.75) is 37.7 Å². The van der Waals surface area contributed by atoms with Gasteiger partial charge in [0.2, 0.25) is 0 Å². The molecular weight excluding hydrogens is 212 g/mol. The van der Waals surface area contributed by atoms with Gasteiger partial charge in [0.1, 0.15) is 0 Å². The summed E-state index contributed by atoms with van der Waals surface area (Å²) in [4.78, 5) is 0. The minimum atomic E-state index is 0.394. The van der Waals surface area contributed by atoms with Crippen LogP contribution in [0.4, 0.5) is 5.69 Å². The van der Waals surface area contributed by atoms with Crippen LogP contribution in [0.5, 0.6) is 0 Å². The predicted molar refractivity (Wildman–Crippen MR) is 67.6 cm³/mol. The molecule has 0 radical (unpaired) electrons. The van der Waals surface area contributed by atoms with Crippen molar-refractivity contribution in [3.8, 4) is 6.07 Å². The van der Waals surface area contributed by atoms with Crippen molar-refractivity contribution < 1.29 is 4.74 Å². The Morgan fingerprint density at radius 2 is 2.00 bits per heavy atom. The van der Waals surface area contributed by atoms with Crippen molar-refractivity contribution >= 4 is 5.69 Å². The fourth-order valence-electron chi connectivity index (χ4n) is 2.64. The van der Waals surface area contributed by atoms with E-state index in [0.29, 0.717) is 17.7 Å². The third kappa shape index (κ3) is 2.59. The molecule has 0 aromatic heterocycles. The first-order chi connectivity index (χ1) is 8.24. The monoisotopic (exact) mass is 230 g/mol. The lowest BCUT2D eigenvalue weighted by molar-refractivity contribution is 0.0658. The fraction of sp³-hybridized carbons (Fsp3) is 0.500. The lowest BCUT2D eigenvalue weighted by atomic mass is 9.81. The van der Waals surface area contributed by atoms with E-state index >= 15 is 0 Å². The number of rotatable bonds is 2. The van der Waals surface area contributed by atoms with E-state index in [2.05, 4.69) is 6.07 Å². The van der Waals surface area contributed by atoms with Crippen LogP contribution in [-0.4, -0.2) is 13.2 Å². The number of methoxy groups -OCH3 is 1. The van der Waals surface area contributed by atoms with E-state index < -0.39 is 0 Å². The van der Waals surface area contributed by atoms with Gasteiger partial charge >= 0.3 is 0 Å². The SMILES string of the molecule is CO[C@H]1CC[C@H](c2ccc(N)cc2C#N)CC1. The van der Waals surface area contributed by atoms with E-state index in [0.717, 1.165) is 36.8 Å². The van der Waals surface area contributed by atoms with Gasteiger partial charge in [0.05, 0.1) is 17.7 Å². The summed E-state index contributed by atoms with van der Waals surface area (Å²) in [5.74, 6) is 0.483. The van der Waals surface area contributed by atoms with Crippen LogP contribution in [0.15, 0.2) is 18.2 Å². The molecule has 1 aliphatic rings. The average molecular weight is 230 g/mol. The zero-order chi connectivity index (χ0) is 12.3. The Bertz CT molecular complexity index is 428. The first kappa shape index (κ1) is 11.9. The molecular formula is C14H18N2O. The highest BCUT2D eigenvalue weighted by atomic mass is 16.5. The summed E-state index contributed by atoms with van der Waals surface area (Å²) in [6.45, 7) is 0. The van der Waals surface area contributed by atoms with Gasteiger partial charge in [-0.2, -0.15) is 5.26 Å². The van der Waals surface area contributed by atoms with Crippen molar-refractivity contribution in [2.75, 3.05) is 12.8 Å². The van der Waals surface area contributed by atoms with Gasteiger partial charge in [0.15, 0.2) is 0 Å². The molecule has 0 saturated heterocycles. The minimum absolute atomic E-state index is 0.394. The second-order valence-corrected chi connectivity index (χ2v) is 4.67. The summed E-state index contributed by atoms with van der Waals surface area (Å²) in [6.07, 6.45) is 4.74. The molecule has 2 N–H and O–H groups in total. The summed E-state index contributed by atoms with van der Waals surface area (Å²) in [6, 6.07) is 7.92. The quantitative estimate of drug-likeness (QED) is 0.795. The number of nitrogens with two attached hydrogens (primary N) is 1. The van der Waals surface area contributed by atoms with Gasteiger partial charge in [-0.25, -0.2) is 0 Å². The van der Waals surface area contributed by atoms with E-state index in [-0.39, 0.29) is 0 Å². The van der Waals surface area contributed by atoms with Gasteiger partial charge < -0.3 is 10.5 Å². The molecule has 3 nitrogen and oxygen atoms in total. The lowest BCUT2D eigenvalue weighted by Crippen LogP contribution is -2.19. The highest BCUT2D eigenvalue weighted by molar-refractivity contribution is 5.51. The van der Waals surface area contributed by atoms with Crippen molar-refractivity contribution in [3.05, 3.63) is 29.3 Å². The van der Waals surface area contributed by atoms with Crippen LogP contribution in [0.1, 0.15) is 42.7 Å². The molecule has 0 spiro atoms. The highest BCUT2D eigenvalue weighted by Crippen LogP contribution is 2.35. The molecule has 0 atom stereocenters. The number of ether oxygens (including phenoxy) is 1. The van der Waals surface area contributed by atoms with Crippen molar-refractivity contribution in [1.29, 1.82) is 5.26 Å². The largest absolute Gasteiger partial charge is 0.399 e. The second-order valence-electron chi connectivity index (χ2n) is 4.67. The molecule has 90 valence electrons. The van der Waals surface area contributed by atoms with Gasteiger partial charge in [0.25, 0.3) is 0 Å². The van der Waals surface area contributed by atoms with Gasteiger partial charge in [-0.1, -0.05) is 6.07 Å². The maximum Gasteiger partial charge on any atom is 0.0995 e. The number of nitrogens with zero attached hydrogens (tertiary/aromatic N) is 1.